The molecule has 0 aromatic heterocycles. The second-order valence-corrected chi connectivity index (χ2v) is 6.78. The van der Waals surface area contributed by atoms with Gasteiger partial charge in [-0.15, -0.1) is 0 Å². The predicted molar refractivity (Wildman–Crippen MR) is 91.3 cm³/mol. The third-order valence-corrected chi connectivity index (χ3v) is 5.26. The van der Waals surface area contributed by atoms with Gasteiger partial charge in [-0.2, -0.15) is 0 Å². The molecule has 2 aliphatic heterocycles. The van der Waals surface area contributed by atoms with Gasteiger partial charge in [-0.1, -0.05) is 25.1 Å². The van der Waals surface area contributed by atoms with Crippen LogP contribution in [0.15, 0.2) is 24.3 Å². The Bertz CT molecular complexity index is 599. The number of aryl methyl sites for hydroxylation is 1. The fraction of sp³-hybridized carbons (Fsp3) is 0.579. The summed E-state index contributed by atoms with van der Waals surface area (Å²) >= 11 is 0. The zero-order valence-corrected chi connectivity index (χ0v) is 14.1. The molecule has 4 nitrogen and oxygen atoms in total. The number of likely N-dealkylation sites (tertiary alicyclic amines) is 1. The van der Waals surface area contributed by atoms with Crippen LogP contribution in [0.1, 0.15) is 44.6 Å². The van der Waals surface area contributed by atoms with E-state index in [0.29, 0.717) is 19.0 Å². The van der Waals surface area contributed by atoms with Gasteiger partial charge in [-0.3, -0.25) is 9.59 Å². The largest absolute Gasteiger partial charge is 0.339 e. The van der Waals surface area contributed by atoms with Crippen molar-refractivity contribution in [2.45, 2.75) is 52.0 Å². The summed E-state index contributed by atoms with van der Waals surface area (Å²) in [6, 6.07) is 8.26. The van der Waals surface area contributed by atoms with Crippen LogP contribution >= 0.6 is 0 Å². The molecule has 0 unspecified atom stereocenters. The van der Waals surface area contributed by atoms with Crippen LogP contribution in [0, 0.1) is 12.8 Å². The topological polar surface area (TPSA) is 40.6 Å². The van der Waals surface area contributed by atoms with Crippen molar-refractivity contribution in [1.29, 1.82) is 0 Å². The number of hydrogen-bond donors (Lipinski definition) is 0. The summed E-state index contributed by atoms with van der Waals surface area (Å²) in [5.41, 5.74) is 2.02. The molecule has 2 saturated heterocycles. The number of carbonyl (C=O) groups is 2. The van der Waals surface area contributed by atoms with Crippen LogP contribution in [0.5, 0.6) is 0 Å². The van der Waals surface area contributed by atoms with E-state index in [1.807, 2.05) is 36.1 Å². The van der Waals surface area contributed by atoms with Gasteiger partial charge in [-0.05, 0) is 44.2 Å². The van der Waals surface area contributed by atoms with Gasteiger partial charge in [0.25, 0.3) is 0 Å². The van der Waals surface area contributed by atoms with Crippen molar-refractivity contribution in [2.75, 3.05) is 18.0 Å². The van der Waals surface area contributed by atoms with E-state index in [-0.39, 0.29) is 17.7 Å². The molecule has 2 fully saturated rings. The standard InChI is InChI=1S/C19H26N2O2/c1-3-16-9-6-7-11-20(16)19(23)15-12-18(22)21(13-15)17-10-5-4-8-14(17)2/h4-5,8,10,15-16H,3,6-7,9,11-13H2,1-2H3/t15-,16+/m1/s1. The van der Waals surface area contributed by atoms with Crippen LogP contribution in [0.2, 0.25) is 0 Å². The van der Waals surface area contributed by atoms with Gasteiger partial charge in [-0.25, -0.2) is 0 Å². The average Bonchev–Trinajstić information content (AvgIpc) is 2.96. The van der Waals surface area contributed by atoms with Gasteiger partial charge >= 0.3 is 0 Å². The number of piperidine rings is 1. The second kappa shape index (κ2) is 6.73. The number of anilines is 1. The zero-order valence-electron chi connectivity index (χ0n) is 14.1. The number of para-hydroxylation sites is 1. The molecule has 2 heterocycles. The van der Waals surface area contributed by atoms with E-state index in [0.717, 1.165) is 37.1 Å². The molecule has 2 aliphatic rings. The second-order valence-electron chi connectivity index (χ2n) is 6.78. The Morgan fingerprint density at radius 1 is 1.26 bits per heavy atom. The lowest BCUT2D eigenvalue weighted by molar-refractivity contribution is -0.139. The average molecular weight is 314 g/mol. The fourth-order valence-electron chi connectivity index (χ4n) is 3.92. The molecule has 0 saturated carbocycles. The molecule has 23 heavy (non-hydrogen) atoms. The predicted octanol–water partition coefficient (Wildman–Crippen LogP) is 3.14. The molecule has 2 atom stereocenters. The smallest absolute Gasteiger partial charge is 0.228 e. The fourth-order valence-corrected chi connectivity index (χ4v) is 3.92. The molecule has 0 bridgehead atoms. The summed E-state index contributed by atoms with van der Waals surface area (Å²) < 4.78 is 0. The lowest BCUT2D eigenvalue weighted by atomic mass is 9.97. The molecule has 1 aromatic rings. The zero-order chi connectivity index (χ0) is 16.4. The summed E-state index contributed by atoms with van der Waals surface area (Å²) in [4.78, 5) is 29.2. The van der Waals surface area contributed by atoms with Crippen molar-refractivity contribution >= 4 is 17.5 Å². The highest BCUT2D eigenvalue weighted by atomic mass is 16.2. The summed E-state index contributed by atoms with van der Waals surface area (Å²) in [6.07, 6.45) is 4.75. The van der Waals surface area contributed by atoms with E-state index < -0.39 is 0 Å². The highest BCUT2D eigenvalue weighted by Crippen LogP contribution is 2.30. The summed E-state index contributed by atoms with van der Waals surface area (Å²) in [7, 11) is 0. The molecule has 2 amide bonds. The van der Waals surface area contributed by atoms with Crippen LogP contribution in [-0.2, 0) is 9.59 Å². The van der Waals surface area contributed by atoms with E-state index in [4.69, 9.17) is 0 Å². The van der Waals surface area contributed by atoms with Crippen molar-refractivity contribution in [1.82, 2.24) is 4.90 Å². The van der Waals surface area contributed by atoms with Gasteiger partial charge in [0.05, 0.1) is 5.92 Å². The van der Waals surface area contributed by atoms with Crippen LogP contribution in [-0.4, -0.2) is 35.8 Å². The van der Waals surface area contributed by atoms with Crippen LogP contribution < -0.4 is 4.90 Å². The Kier molecular flexibility index (Phi) is 4.69. The minimum atomic E-state index is -0.186. The molecule has 1 aromatic carbocycles. The number of nitrogens with zero attached hydrogens (tertiary/aromatic N) is 2. The van der Waals surface area contributed by atoms with Crippen molar-refractivity contribution in [2.24, 2.45) is 5.92 Å². The van der Waals surface area contributed by atoms with Gasteiger partial charge in [0.15, 0.2) is 0 Å². The lowest BCUT2D eigenvalue weighted by Crippen LogP contribution is -2.46. The maximum absolute atomic E-state index is 12.9. The number of carbonyl (C=O) groups excluding carboxylic acids is 2. The van der Waals surface area contributed by atoms with Gasteiger partial charge in [0, 0.05) is 31.2 Å². The Morgan fingerprint density at radius 2 is 2.04 bits per heavy atom. The van der Waals surface area contributed by atoms with E-state index >= 15 is 0 Å². The molecule has 3 rings (SSSR count). The number of hydrogen-bond acceptors (Lipinski definition) is 2. The first-order valence-electron chi connectivity index (χ1n) is 8.78. The van der Waals surface area contributed by atoms with Crippen LogP contribution in [0.3, 0.4) is 0 Å². The third kappa shape index (κ3) is 3.12. The maximum Gasteiger partial charge on any atom is 0.228 e. The molecule has 0 N–H and O–H groups in total. The minimum absolute atomic E-state index is 0.0720. The molecular weight excluding hydrogens is 288 g/mol. The van der Waals surface area contributed by atoms with Gasteiger partial charge in [0.2, 0.25) is 11.8 Å². The quantitative estimate of drug-likeness (QED) is 0.860. The summed E-state index contributed by atoms with van der Waals surface area (Å²) in [5, 5.41) is 0. The first kappa shape index (κ1) is 16.0. The maximum atomic E-state index is 12.9. The number of benzene rings is 1. The first-order valence-corrected chi connectivity index (χ1v) is 8.78. The highest BCUT2D eigenvalue weighted by Gasteiger charge is 2.39. The molecule has 124 valence electrons. The molecule has 0 spiro atoms. The Hall–Kier alpha value is -1.84. The normalized spacial score (nSPS) is 25.0. The lowest BCUT2D eigenvalue weighted by Gasteiger charge is -2.36. The van der Waals surface area contributed by atoms with Gasteiger partial charge in [0.1, 0.15) is 0 Å². The van der Waals surface area contributed by atoms with Crippen LogP contribution in [0.4, 0.5) is 5.69 Å². The van der Waals surface area contributed by atoms with E-state index in [2.05, 4.69) is 6.92 Å². The number of amides is 2. The minimum Gasteiger partial charge on any atom is -0.339 e. The number of rotatable bonds is 3. The van der Waals surface area contributed by atoms with E-state index in [1.165, 1.54) is 6.42 Å². The van der Waals surface area contributed by atoms with Crippen molar-refractivity contribution in [3.8, 4) is 0 Å². The Balaban J connectivity index is 1.74. The highest BCUT2D eigenvalue weighted by molar-refractivity contribution is 6.00. The molecule has 0 radical (unpaired) electrons. The SMILES string of the molecule is CC[C@H]1CCCCN1C(=O)[C@@H]1CC(=O)N(c2ccccc2C)C1. The monoisotopic (exact) mass is 314 g/mol. The molecule has 0 aliphatic carbocycles. The third-order valence-electron chi connectivity index (χ3n) is 5.26. The van der Waals surface area contributed by atoms with Crippen molar-refractivity contribution < 1.29 is 9.59 Å². The van der Waals surface area contributed by atoms with E-state index in [1.54, 1.807) is 4.90 Å². The van der Waals surface area contributed by atoms with Gasteiger partial charge < -0.3 is 9.80 Å². The van der Waals surface area contributed by atoms with E-state index in [9.17, 15) is 9.59 Å². The Labute approximate surface area is 138 Å². The van der Waals surface area contributed by atoms with Crippen molar-refractivity contribution in [3.63, 3.8) is 0 Å². The molecular formula is C19H26N2O2. The first-order chi connectivity index (χ1) is 11.1. The van der Waals surface area contributed by atoms with Crippen molar-refractivity contribution in [3.05, 3.63) is 29.8 Å². The van der Waals surface area contributed by atoms with Crippen LogP contribution in [0.25, 0.3) is 0 Å². The Morgan fingerprint density at radius 3 is 2.78 bits per heavy atom. The summed E-state index contributed by atoms with van der Waals surface area (Å²) in [6.45, 7) is 5.53. The molecule has 4 heteroatoms. The summed E-state index contributed by atoms with van der Waals surface area (Å²) in [5.74, 6) is 0.0675.